The molecule has 1 aromatic rings. The second kappa shape index (κ2) is 7.19. The number of rotatable bonds is 7. The molecule has 7 nitrogen and oxygen atoms in total. The lowest BCUT2D eigenvalue weighted by Crippen LogP contribution is -2.43. The van der Waals surface area contributed by atoms with E-state index in [1.165, 1.54) is 26.1 Å². The smallest absolute Gasteiger partial charge is 0.303 e. The molecule has 0 radical (unpaired) electrons. The summed E-state index contributed by atoms with van der Waals surface area (Å²) >= 11 is 0. The molecule has 1 rings (SSSR count). The quantitative estimate of drug-likeness (QED) is 0.661. The fourth-order valence-corrected chi connectivity index (χ4v) is 2.86. The zero-order valence-electron chi connectivity index (χ0n) is 11.8. The predicted molar refractivity (Wildman–Crippen MR) is 76.2 cm³/mol. The highest BCUT2D eigenvalue weighted by Gasteiger charge is 2.21. The van der Waals surface area contributed by atoms with Crippen LogP contribution in [0.3, 0.4) is 0 Å². The Morgan fingerprint density at radius 1 is 1.24 bits per heavy atom. The van der Waals surface area contributed by atoms with Crippen molar-refractivity contribution >= 4 is 21.9 Å². The second-order valence-electron chi connectivity index (χ2n) is 4.49. The highest BCUT2D eigenvalue weighted by molar-refractivity contribution is 7.89. The van der Waals surface area contributed by atoms with Crippen LogP contribution in [0.4, 0.5) is 0 Å². The molecule has 21 heavy (non-hydrogen) atoms. The number of benzene rings is 1. The molecule has 1 aromatic carbocycles. The molecule has 0 aliphatic heterocycles. The average molecular weight is 314 g/mol. The van der Waals surface area contributed by atoms with Crippen molar-refractivity contribution in [1.82, 2.24) is 10.0 Å². The van der Waals surface area contributed by atoms with Crippen molar-refractivity contribution in [3.05, 3.63) is 29.8 Å². The van der Waals surface area contributed by atoms with Gasteiger partial charge in [-0.15, -0.1) is 0 Å². The largest absolute Gasteiger partial charge is 0.481 e. The van der Waals surface area contributed by atoms with Crippen LogP contribution in [-0.4, -0.2) is 38.5 Å². The standard InChI is InChI=1S/C13H18N2O5S/c1-9(13(18)14-2)15-21(19,20)11-6-3-10(4-7-11)5-8-12(16)17/h3-4,6-7,9,15H,5,8H2,1-2H3,(H,14,18)(H,16,17). The predicted octanol–water partition coefficient (Wildman–Crippen LogP) is 0.117. The first-order valence-corrected chi connectivity index (χ1v) is 7.79. The maximum Gasteiger partial charge on any atom is 0.303 e. The molecule has 0 bridgehead atoms. The number of hydrogen-bond donors (Lipinski definition) is 3. The maximum absolute atomic E-state index is 12.1. The molecule has 3 N–H and O–H groups in total. The lowest BCUT2D eigenvalue weighted by Gasteiger charge is -2.13. The van der Waals surface area contributed by atoms with Crippen molar-refractivity contribution in [3.8, 4) is 0 Å². The summed E-state index contributed by atoms with van der Waals surface area (Å²) in [7, 11) is -2.37. The van der Waals surface area contributed by atoms with Gasteiger partial charge >= 0.3 is 5.97 Å². The molecule has 116 valence electrons. The Morgan fingerprint density at radius 3 is 2.29 bits per heavy atom. The van der Waals surface area contributed by atoms with Gasteiger partial charge in [0, 0.05) is 13.5 Å². The Morgan fingerprint density at radius 2 is 1.81 bits per heavy atom. The van der Waals surface area contributed by atoms with Crippen LogP contribution in [0.1, 0.15) is 18.9 Å². The van der Waals surface area contributed by atoms with Gasteiger partial charge in [0.2, 0.25) is 15.9 Å². The Labute approximate surface area is 123 Å². The third-order valence-corrected chi connectivity index (χ3v) is 4.39. The molecular weight excluding hydrogens is 296 g/mol. The number of aryl methyl sites for hydroxylation is 1. The zero-order valence-corrected chi connectivity index (χ0v) is 12.6. The lowest BCUT2D eigenvalue weighted by molar-refractivity contribution is -0.137. The Bertz CT molecular complexity index is 610. The maximum atomic E-state index is 12.1. The molecule has 0 spiro atoms. The number of hydrogen-bond acceptors (Lipinski definition) is 4. The van der Waals surface area contributed by atoms with E-state index in [0.29, 0.717) is 6.42 Å². The van der Waals surface area contributed by atoms with Crippen LogP contribution in [-0.2, 0) is 26.0 Å². The van der Waals surface area contributed by atoms with Gasteiger partial charge in [-0.05, 0) is 31.0 Å². The minimum atomic E-state index is -3.79. The van der Waals surface area contributed by atoms with Gasteiger partial charge in [-0.3, -0.25) is 9.59 Å². The zero-order chi connectivity index (χ0) is 16.0. The average Bonchev–Trinajstić information content (AvgIpc) is 2.44. The Kier molecular flexibility index (Phi) is 5.86. The molecular formula is C13H18N2O5S. The number of sulfonamides is 1. The summed E-state index contributed by atoms with van der Waals surface area (Å²) in [6, 6.07) is 5.00. The number of carboxylic acids is 1. The van der Waals surface area contributed by atoms with Crippen molar-refractivity contribution in [2.45, 2.75) is 30.7 Å². The summed E-state index contributed by atoms with van der Waals surface area (Å²) in [5.74, 6) is -1.34. The minimum absolute atomic E-state index is 0.0158. The van der Waals surface area contributed by atoms with Crippen LogP contribution in [0.15, 0.2) is 29.2 Å². The molecule has 0 heterocycles. The SMILES string of the molecule is CNC(=O)C(C)NS(=O)(=O)c1ccc(CCC(=O)O)cc1. The normalized spacial score (nSPS) is 12.7. The van der Waals surface area contributed by atoms with Crippen molar-refractivity contribution in [2.75, 3.05) is 7.05 Å². The molecule has 1 unspecified atom stereocenters. The van der Waals surface area contributed by atoms with Crippen molar-refractivity contribution in [2.24, 2.45) is 0 Å². The summed E-state index contributed by atoms with van der Waals surface area (Å²) in [6.07, 6.45) is 0.315. The van der Waals surface area contributed by atoms with Crippen LogP contribution >= 0.6 is 0 Å². The minimum Gasteiger partial charge on any atom is -0.481 e. The fourth-order valence-electron chi connectivity index (χ4n) is 1.66. The van der Waals surface area contributed by atoms with E-state index in [9.17, 15) is 18.0 Å². The van der Waals surface area contributed by atoms with Gasteiger partial charge < -0.3 is 10.4 Å². The van der Waals surface area contributed by atoms with Crippen LogP contribution in [0.2, 0.25) is 0 Å². The topological polar surface area (TPSA) is 113 Å². The summed E-state index contributed by atoms with van der Waals surface area (Å²) in [6.45, 7) is 1.44. The highest BCUT2D eigenvalue weighted by Crippen LogP contribution is 2.12. The first kappa shape index (κ1) is 17.1. The van der Waals surface area contributed by atoms with Gasteiger partial charge in [-0.1, -0.05) is 12.1 Å². The van der Waals surface area contributed by atoms with E-state index in [-0.39, 0.29) is 11.3 Å². The third kappa shape index (κ3) is 5.16. The van der Waals surface area contributed by atoms with Crippen LogP contribution in [0.25, 0.3) is 0 Å². The van der Waals surface area contributed by atoms with E-state index < -0.39 is 27.9 Å². The molecule has 0 aliphatic rings. The Balaban J connectivity index is 2.80. The Hall–Kier alpha value is -1.93. The van der Waals surface area contributed by atoms with E-state index in [4.69, 9.17) is 5.11 Å². The van der Waals surface area contributed by atoms with Gasteiger partial charge in [-0.2, -0.15) is 4.72 Å². The summed E-state index contributed by atoms with van der Waals surface area (Å²) in [4.78, 5) is 21.8. The van der Waals surface area contributed by atoms with Crippen molar-refractivity contribution in [3.63, 3.8) is 0 Å². The van der Waals surface area contributed by atoms with Gasteiger partial charge in [0.25, 0.3) is 0 Å². The first-order chi connectivity index (χ1) is 9.76. The summed E-state index contributed by atoms with van der Waals surface area (Å²) in [5.41, 5.74) is 0.732. The van der Waals surface area contributed by atoms with E-state index in [2.05, 4.69) is 10.0 Å². The number of carbonyl (C=O) groups is 2. The third-order valence-electron chi connectivity index (χ3n) is 2.83. The summed E-state index contributed by atoms with van der Waals surface area (Å²) < 4.78 is 26.4. The molecule has 0 saturated carbocycles. The van der Waals surface area contributed by atoms with Gasteiger partial charge in [0.05, 0.1) is 10.9 Å². The number of aliphatic carboxylic acids is 1. The number of nitrogens with one attached hydrogen (secondary N) is 2. The van der Waals surface area contributed by atoms with Crippen molar-refractivity contribution in [1.29, 1.82) is 0 Å². The molecule has 1 atom stereocenters. The number of carbonyl (C=O) groups excluding carboxylic acids is 1. The first-order valence-electron chi connectivity index (χ1n) is 6.31. The lowest BCUT2D eigenvalue weighted by atomic mass is 10.1. The number of amides is 1. The van der Waals surface area contributed by atoms with E-state index in [1.807, 2.05) is 0 Å². The monoisotopic (exact) mass is 314 g/mol. The molecule has 8 heteroatoms. The van der Waals surface area contributed by atoms with E-state index in [1.54, 1.807) is 12.1 Å². The molecule has 0 aromatic heterocycles. The number of likely N-dealkylation sites (N-methyl/N-ethyl adjacent to an activating group) is 1. The highest BCUT2D eigenvalue weighted by atomic mass is 32.2. The fraction of sp³-hybridized carbons (Fsp3) is 0.385. The van der Waals surface area contributed by atoms with Crippen LogP contribution in [0, 0.1) is 0 Å². The van der Waals surface area contributed by atoms with Crippen molar-refractivity contribution < 1.29 is 23.1 Å². The molecule has 0 saturated heterocycles. The van der Waals surface area contributed by atoms with Gasteiger partial charge in [0.1, 0.15) is 0 Å². The number of carboxylic acid groups (broad SMARTS) is 1. The van der Waals surface area contributed by atoms with Crippen LogP contribution in [0.5, 0.6) is 0 Å². The summed E-state index contributed by atoms with van der Waals surface area (Å²) in [5, 5.41) is 10.9. The van der Waals surface area contributed by atoms with Crippen LogP contribution < -0.4 is 10.0 Å². The van der Waals surface area contributed by atoms with E-state index in [0.717, 1.165) is 5.56 Å². The second-order valence-corrected chi connectivity index (χ2v) is 6.21. The molecule has 0 fully saturated rings. The molecule has 1 amide bonds. The van der Waals surface area contributed by atoms with Gasteiger partial charge in [-0.25, -0.2) is 8.42 Å². The van der Waals surface area contributed by atoms with E-state index >= 15 is 0 Å². The molecule has 0 aliphatic carbocycles. The van der Waals surface area contributed by atoms with Gasteiger partial charge in [0.15, 0.2) is 0 Å².